The number of thiol groups is 1. The first-order valence-corrected chi connectivity index (χ1v) is 7.52. The van der Waals surface area contributed by atoms with E-state index in [1.54, 1.807) is 0 Å². The molecule has 0 bridgehead atoms. The van der Waals surface area contributed by atoms with Crippen LogP contribution in [0.3, 0.4) is 0 Å². The first kappa shape index (κ1) is 15.1. The lowest BCUT2D eigenvalue weighted by molar-refractivity contribution is 0.0406. The van der Waals surface area contributed by atoms with Crippen molar-refractivity contribution in [2.45, 2.75) is 33.3 Å². The highest BCUT2D eigenvalue weighted by Gasteiger charge is 2.24. The lowest BCUT2D eigenvalue weighted by atomic mass is 9.85. The molecule has 0 aliphatic rings. The Labute approximate surface area is 118 Å². The molecule has 0 aromatic heterocycles. The van der Waals surface area contributed by atoms with Crippen LogP contribution in [0.5, 0.6) is 0 Å². The molecule has 0 saturated carbocycles. The first-order chi connectivity index (χ1) is 8.17. The summed E-state index contributed by atoms with van der Waals surface area (Å²) in [5, 5.41) is 0. The van der Waals surface area contributed by atoms with Gasteiger partial charge in [0.2, 0.25) is 0 Å². The minimum Gasteiger partial charge on any atom is -0.376 e. The van der Waals surface area contributed by atoms with Gasteiger partial charge >= 0.3 is 0 Å². The standard InChI is InChI=1S/C14H21BrOS/c1-3-14(4-2,11-17)10-16-9-12-7-5-6-8-13(12)15/h5-8,17H,3-4,9-11H2,1-2H3. The summed E-state index contributed by atoms with van der Waals surface area (Å²) in [6.45, 7) is 5.87. The molecule has 0 saturated heterocycles. The molecule has 1 rings (SSSR count). The summed E-state index contributed by atoms with van der Waals surface area (Å²) in [5.41, 5.74) is 1.43. The van der Waals surface area contributed by atoms with Gasteiger partial charge in [-0.05, 0) is 30.2 Å². The predicted octanol–water partition coefficient (Wildman–Crippen LogP) is 4.70. The monoisotopic (exact) mass is 316 g/mol. The van der Waals surface area contributed by atoms with Gasteiger partial charge in [0, 0.05) is 9.89 Å². The molecule has 3 heteroatoms. The molecule has 0 aliphatic carbocycles. The molecule has 0 aliphatic heterocycles. The van der Waals surface area contributed by atoms with E-state index in [9.17, 15) is 0 Å². The average molecular weight is 317 g/mol. The van der Waals surface area contributed by atoms with E-state index >= 15 is 0 Å². The van der Waals surface area contributed by atoms with Crippen molar-refractivity contribution in [3.63, 3.8) is 0 Å². The van der Waals surface area contributed by atoms with Crippen LogP contribution < -0.4 is 0 Å². The van der Waals surface area contributed by atoms with Gasteiger partial charge in [-0.15, -0.1) is 0 Å². The normalized spacial score (nSPS) is 11.8. The third-order valence-electron chi connectivity index (χ3n) is 3.46. The van der Waals surface area contributed by atoms with Crippen LogP contribution in [-0.4, -0.2) is 12.4 Å². The fraction of sp³-hybridized carbons (Fsp3) is 0.571. The molecule has 96 valence electrons. The van der Waals surface area contributed by atoms with Gasteiger partial charge in [-0.1, -0.05) is 48.0 Å². The molecule has 0 N–H and O–H groups in total. The van der Waals surface area contributed by atoms with Crippen LogP contribution in [0.2, 0.25) is 0 Å². The van der Waals surface area contributed by atoms with Crippen LogP contribution in [0, 0.1) is 5.41 Å². The molecular formula is C14H21BrOS. The molecule has 0 amide bonds. The Morgan fingerprint density at radius 1 is 1.24 bits per heavy atom. The number of ether oxygens (including phenoxy) is 1. The summed E-state index contributed by atoms with van der Waals surface area (Å²) < 4.78 is 6.98. The van der Waals surface area contributed by atoms with Gasteiger partial charge < -0.3 is 4.74 Å². The molecule has 0 fully saturated rings. The zero-order valence-electron chi connectivity index (χ0n) is 10.6. The van der Waals surface area contributed by atoms with Crippen molar-refractivity contribution in [2.24, 2.45) is 5.41 Å². The second kappa shape index (κ2) is 7.45. The van der Waals surface area contributed by atoms with E-state index in [4.69, 9.17) is 4.74 Å². The minimum atomic E-state index is 0.227. The van der Waals surface area contributed by atoms with Gasteiger partial charge in [0.25, 0.3) is 0 Å². The van der Waals surface area contributed by atoms with E-state index in [0.717, 1.165) is 29.7 Å². The van der Waals surface area contributed by atoms with Crippen LogP contribution in [-0.2, 0) is 11.3 Å². The molecule has 0 unspecified atom stereocenters. The maximum Gasteiger partial charge on any atom is 0.0728 e. The van der Waals surface area contributed by atoms with Crippen LogP contribution >= 0.6 is 28.6 Å². The van der Waals surface area contributed by atoms with Crippen molar-refractivity contribution in [1.82, 2.24) is 0 Å². The van der Waals surface area contributed by atoms with Crippen molar-refractivity contribution in [3.8, 4) is 0 Å². The Balaban J connectivity index is 2.49. The van der Waals surface area contributed by atoms with Crippen molar-refractivity contribution >= 4 is 28.6 Å². The fourth-order valence-corrected chi connectivity index (χ4v) is 2.65. The number of rotatable bonds is 7. The molecule has 0 spiro atoms. The van der Waals surface area contributed by atoms with E-state index in [1.807, 2.05) is 18.2 Å². The highest BCUT2D eigenvalue weighted by atomic mass is 79.9. The van der Waals surface area contributed by atoms with Crippen molar-refractivity contribution in [3.05, 3.63) is 34.3 Å². The van der Waals surface area contributed by atoms with Gasteiger partial charge in [0.15, 0.2) is 0 Å². The molecule has 17 heavy (non-hydrogen) atoms. The Hall–Kier alpha value is 0.01000. The van der Waals surface area contributed by atoms with Crippen molar-refractivity contribution < 1.29 is 4.74 Å². The summed E-state index contributed by atoms with van der Waals surface area (Å²) in [4.78, 5) is 0. The van der Waals surface area contributed by atoms with E-state index in [-0.39, 0.29) is 5.41 Å². The van der Waals surface area contributed by atoms with E-state index in [0.29, 0.717) is 6.61 Å². The molecular weight excluding hydrogens is 296 g/mol. The molecule has 0 radical (unpaired) electrons. The van der Waals surface area contributed by atoms with Gasteiger partial charge in [-0.2, -0.15) is 12.6 Å². The van der Waals surface area contributed by atoms with Crippen molar-refractivity contribution in [2.75, 3.05) is 12.4 Å². The second-order valence-corrected chi connectivity index (χ2v) is 5.62. The Bertz CT molecular complexity index is 328. The summed E-state index contributed by atoms with van der Waals surface area (Å²) in [7, 11) is 0. The summed E-state index contributed by atoms with van der Waals surface area (Å²) in [6.07, 6.45) is 2.23. The summed E-state index contributed by atoms with van der Waals surface area (Å²) in [5.74, 6) is 0.885. The molecule has 1 aromatic rings. The third kappa shape index (κ3) is 4.31. The van der Waals surface area contributed by atoms with Gasteiger partial charge in [-0.3, -0.25) is 0 Å². The highest BCUT2D eigenvalue weighted by Crippen LogP contribution is 2.28. The maximum atomic E-state index is 5.86. The smallest absolute Gasteiger partial charge is 0.0728 e. The zero-order valence-corrected chi connectivity index (χ0v) is 13.1. The van der Waals surface area contributed by atoms with E-state index in [2.05, 4.69) is 48.5 Å². The number of benzene rings is 1. The molecule has 0 atom stereocenters. The lowest BCUT2D eigenvalue weighted by Gasteiger charge is -2.29. The lowest BCUT2D eigenvalue weighted by Crippen LogP contribution is -2.27. The first-order valence-electron chi connectivity index (χ1n) is 6.09. The quantitative estimate of drug-likeness (QED) is 0.717. The van der Waals surface area contributed by atoms with Crippen LogP contribution in [0.25, 0.3) is 0 Å². The van der Waals surface area contributed by atoms with Gasteiger partial charge in [0.1, 0.15) is 0 Å². The second-order valence-electron chi connectivity index (χ2n) is 4.45. The average Bonchev–Trinajstić information content (AvgIpc) is 2.37. The van der Waals surface area contributed by atoms with Crippen LogP contribution in [0.4, 0.5) is 0 Å². The number of hydrogen-bond donors (Lipinski definition) is 1. The Morgan fingerprint density at radius 3 is 2.41 bits per heavy atom. The van der Waals surface area contributed by atoms with Gasteiger partial charge in [0.05, 0.1) is 13.2 Å². The summed E-state index contributed by atoms with van der Waals surface area (Å²) >= 11 is 7.99. The third-order valence-corrected chi connectivity index (χ3v) is 4.90. The predicted molar refractivity (Wildman–Crippen MR) is 80.7 cm³/mol. The maximum absolute atomic E-state index is 5.86. The van der Waals surface area contributed by atoms with Crippen molar-refractivity contribution in [1.29, 1.82) is 0 Å². The minimum absolute atomic E-state index is 0.227. The Morgan fingerprint density at radius 2 is 1.88 bits per heavy atom. The fourth-order valence-electron chi connectivity index (χ4n) is 1.72. The molecule has 1 nitrogen and oxygen atoms in total. The largest absolute Gasteiger partial charge is 0.376 e. The molecule has 1 aromatic carbocycles. The molecule has 0 heterocycles. The van der Waals surface area contributed by atoms with E-state index < -0.39 is 0 Å². The number of hydrogen-bond acceptors (Lipinski definition) is 2. The van der Waals surface area contributed by atoms with Crippen LogP contribution in [0.1, 0.15) is 32.3 Å². The SMILES string of the molecule is CCC(CC)(CS)COCc1ccccc1Br. The van der Waals surface area contributed by atoms with E-state index in [1.165, 1.54) is 5.56 Å². The Kier molecular flexibility index (Phi) is 6.60. The highest BCUT2D eigenvalue weighted by molar-refractivity contribution is 9.10. The van der Waals surface area contributed by atoms with Gasteiger partial charge in [-0.25, -0.2) is 0 Å². The zero-order chi connectivity index (χ0) is 12.7. The summed E-state index contributed by atoms with van der Waals surface area (Å²) in [6, 6.07) is 8.19. The van der Waals surface area contributed by atoms with Crippen LogP contribution in [0.15, 0.2) is 28.7 Å². The number of halogens is 1. The topological polar surface area (TPSA) is 9.23 Å².